The Morgan fingerprint density at radius 3 is 2.88 bits per heavy atom. The molecule has 0 saturated carbocycles. The van der Waals surface area contributed by atoms with Crippen molar-refractivity contribution in [1.29, 1.82) is 0 Å². The summed E-state index contributed by atoms with van der Waals surface area (Å²) >= 11 is 1.81. The smallest absolute Gasteiger partial charge is 0.109 e. The predicted octanol–water partition coefficient (Wildman–Crippen LogP) is 3.71. The zero-order valence-corrected chi connectivity index (χ0v) is 11.3. The molecule has 1 heterocycles. The Morgan fingerprint density at radius 1 is 1.56 bits per heavy atom. The second kappa shape index (κ2) is 6.81. The molecule has 0 fully saturated rings. The minimum atomic E-state index is 0.352. The van der Waals surface area contributed by atoms with Crippen LogP contribution in [0.2, 0.25) is 0 Å². The van der Waals surface area contributed by atoms with Gasteiger partial charge in [0.15, 0.2) is 0 Å². The van der Waals surface area contributed by atoms with Gasteiger partial charge >= 0.3 is 0 Å². The van der Waals surface area contributed by atoms with Gasteiger partial charge in [0.1, 0.15) is 5.01 Å². The van der Waals surface area contributed by atoms with Crippen LogP contribution in [0.4, 0.5) is 0 Å². The first-order chi connectivity index (χ1) is 7.67. The quantitative estimate of drug-likeness (QED) is 0.732. The fraction of sp³-hybridized carbons (Fsp3) is 0.615. The molecule has 90 valence electrons. The van der Waals surface area contributed by atoms with E-state index in [0.717, 1.165) is 19.3 Å². The zero-order chi connectivity index (χ0) is 12.0. The van der Waals surface area contributed by atoms with E-state index < -0.39 is 0 Å². The van der Waals surface area contributed by atoms with Crippen LogP contribution in [0.15, 0.2) is 18.9 Å². The first-order valence-corrected chi connectivity index (χ1v) is 6.80. The number of allylic oxidation sites excluding steroid dienone is 1. The summed E-state index contributed by atoms with van der Waals surface area (Å²) in [5.41, 5.74) is 0. The number of aromatic nitrogens is 1. The Hall–Kier alpha value is -0.670. The van der Waals surface area contributed by atoms with Crippen molar-refractivity contribution < 1.29 is 0 Å². The summed E-state index contributed by atoms with van der Waals surface area (Å²) in [5, 5.41) is 4.77. The number of thiazole rings is 1. The Kier molecular flexibility index (Phi) is 5.71. The molecule has 2 nitrogen and oxygen atoms in total. The standard InChI is InChI=1S/C13H22N2S/c1-5-7-8-10(3)15-11(4)13-14-9-12(6-2)16-13/h5,9-11,15H,1,6-8H2,2-4H3. The van der Waals surface area contributed by atoms with Crippen LogP contribution in [-0.4, -0.2) is 11.0 Å². The molecule has 0 amide bonds. The first kappa shape index (κ1) is 13.4. The van der Waals surface area contributed by atoms with Crippen LogP contribution in [-0.2, 0) is 6.42 Å². The molecule has 0 aromatic carbocycles. The molecule has 1 aromatic heterocycles. The van der Waals surface area contributed by atoms with E-state index in [4.69, 9.17) is 0 Å². The normalized spacial score (nSPS) is 14.7. The lowest BCUT2D eigenvalue weighted by atomic mass is 10.1. The molecular formula is C13H22N2S. The van der Waals surface area contributed by atoms with E-state index in [1.165, 1.54) is 9.88 Å². The third kappa shape index (κ3) is 4.06. The Morgan fingerprint density at radius 2 is 2.31 bits per heavy atom. The average molecular weight is 238 g/mol. The molecule has 0 aliphatic heterocycles. The van der Waals surface area contributed by atoms with Crippen LogP contribution in [0.5, 0.6) is 0 Å². The summed E-state index contributed by atoms with van der Waals surface area (Å²) in [6, 6.07) is 0.868. The van der Waals surface area contributed by atoms with Gasteiger partial charge < -0.3 is 5.32 Å². The number of hydrogen-bond acceptors (Lipinski definition) is 3. The van der Waals surface area contributed by atoms with E-state index in [0.29, 0.717) is 12.1 Å². The van der Waals surface area contributed by atoms with Crippen LogP contribution < -0.4 is 5.32 Å². The Bertz CT molecular complexity index is 319. The molecule has 2 unspecified atom stereocenters. The second-order valence-corrected chi connectivity index (χ2v) is 5.32. The van der Waals surface area contributed by atoms with Crippen molar-refractivity contribution in [2.45, 2.75) is 52.1 Å². The van der Waals surface area contributed by atoms with E-state index in [9.17, 15) is 0 Å². The van der Waals surface area contributed by atoms with Crippen LogP contribution in [0.3, 0.4) is 0 Å². The van der Waals surface area contributed by atoms with Crippen LogP contribution in [0, 0.1) is 0 Å². The molecular weight excluding hydrogens is 216 g/mol. The Labute approximate surface area is 103 Å². The van der Waals surface area contributed by atoms with Crippen molar-refractivity contribution in [3.05, 3.63) is 28.7 Å². The maximum atomic E-state index is 4.46. The van der Waals surface area contributed by atoms with E-state index in [-0.39, 0.29) is 0 Å². The number of nitrogens with zero attached hydrogens (tertiary/aromatic N) is 1. The topological polar surface area (TPSA) is 24.9 Å². The summed E-state index contributed by atoms with van der Waals surface area (Å²) in [7, 11) is 0. The molecule has 1 N–H and O–H groups in total. The molecule has 2 atom stereocenters. The SMILES string of the molecule is C=CCCC(C)NC(C)c1ncc(CC)s1. The molecule has 0 aliphatic rings. The van der Waals surface area contributed by atoms with E-state index in [1.807, 2.05) is 23.6 Å². The van der Waals surface area contributed by atoms with Crippen LogP contribution in [0.25, 0.3) is 0 Å². The number of aryl methyl sites for hydroxylation is 1. The molecule has 3 heteroatoms. The van der Waals surface area contributed by atoms with Gasteiger partial charge in [0.05, 0.1) is 6.04 Å². The predicted molar refractivity (Wildman–Crippen MR) is 71.9 cm³/mol. The van der Waals surface area contributed by atoms with Gasteiger partial charge in [-0.15, -0.1) is 17.9 Å². The fourth-order valence-electron chi connectivity index (χ4n) is 1.64. The van der Waals surface area contributed by atoms with Gasteiger partial charge in [-0.3, -0.25) is 0 Å². The number of rotatable bonds is 7. The van der Waals surface area contributed by atoms with Gasteiger partial charge in [0.2, 0.25) is 0 Å². The minimum absolute atomic E-state index is 0.352. The van der Waals surface area contributed by atoms with Crippen molar-refractivity contribution in [3.63, 3.8) is 0 Å². The zero-order valence-electron chi connectivity index (χ0n) is 10.5. The first-order valence-electron chi connectivity index (χ1n) is 5.98. The summed E-state index contributed by atoms with van der Waals surface area (Å²) < 4.78 is 0. The van der Waals surface area contributed by atoms with Gasteiger partial charge in [0, 0.05) is 17.1 Å². The molecule has 16 heavy (non-hydrogen) atoms. The lowest BCUT2D eigenvalue weighted by molar-refractivity contribution is 0.458. The minimum Gasteiger partial charge on any atom is -0.306 e. The largest absolute Gasteiger partial charge is 0.306 e. The second-order valence-electron chi connectivity index (χ2n) is 4.17. The molecule has 0 radical (unpaired) electrons. The summed E-state index contributed by atoms with van der Waals surface area (Å²) in [5.74, 6) is 0. The van der Waals surface area contributed by atoms with Crippen molar-refractivity contribution in [1.82, 2.24) is 10.3 Å². The van der Waals surface area contributed by atoms with Gasteiger partial charge in [-0.1, -0.05) is 13.0 Å². The fourth-order valence-corrected chi connectivity index (χ4v) is 2.50. The molecule has 0 spiro atoms. The highest BCUT2D eigenvalue weighted by Crippen LogP contribution is 2.20. The highest BCUT2D eigenvalue weighted by atomic mass is 32.1. The van der Waals surface area contributed by atoms with Crippen molar-refractivity contribution in [3.8, 4) is 0 Å². The lowest BCUT2D eigenvalue weighted by Gasteiger charge is -2.17. The highest BCUT2D eigenvalue weighted by Gasteiger charge is 2.12. The summed E-state index contributed by atoms with van der Waals surface area (Å²) in [6.45, 7) is 10.3. The van der Waals surface area contributed by atoms with Gasteiger partial charge in [-0.25, -0.2) is 4.98 Å². The van der Waals surface area contributed by atoms with Gasteiger partial charge in [-0.2, -0.15) is 0 Å². The van der Waals surface area contributed by atoms with Gasteiger partial charge in [-0.05, 0) is 33.1 Å². The Balaban J connectivity index is 2.44. The highest BCUT2D eigenvalue weighted by molar-refractivity contribution is 7.11. The van der Waals surface area contributed by atoms with Crippen molar-refractivity contribution in [2.75, 3.05) is 0 Å². The average Bonchev–Trinajstić information content (AvgIpc) is 2.74. The molecule has 0 bridgehead atoms. The molecule has 0 saturated heterocycles. The maximum Gasteiger partial charge on any atom is 0.109 e. The van der Waals surface area contributed by atoms with Crippen molar-refractivity contribution >= 4 is 11.3 Å². The van der Waals surface area contributed by atoms with E-state index >= 15 is 0 Å². The van der Waals surface area contributed by atoms with E-state index in [2.05, 4.69) is 37.7 Å². The third-order valence-corrected chi connectivity index (χ3v) is 3.95. The summed E-state index contributed by atoms with van der Waals surface area (Å²) in [6.07, 6.45) is 7.25. The molecule has 1 rings (SSSR count). The third-order valence-electron chi connectivity index (χ3n) is 2.63. The van der Waals surface area contributed by atoms with E-state index in [1.54, 1.807) is 0 Å². The van der Waals surface area contributed by atoms with Crippen LogP contribution in [0.1, 0.15) is 49.5 Å². The molecule has 1 aromatic rings. The van der Waals surface area contributed by atoms with Crippen molar-refractivity contribution in [2.24, 2.45) is 0 Å². The molecule has 0 aliphatic carbocycles. The maximum absolute atomic E-state index is 4.46. The number of nitrogens with one attached hydrogen (secondary N) is 1. The lowest BCUT2D eigenvalue weighted by Crippen LogP contribution is -2.28. The van der Waals surface area contributed by atoms with Gasteiger partial charge in [0.25, 0.3) is 0 Å². The monoisotopic (exact) mass is 238 g/mol. The van der Waals surface area contributed by atoms with Crippen LogP contribution >= 0.6 is 11.3 Å². The summed E-state index contributed by atoms with van der Waals surface area (Å²) in [4.78, 5) is 5.82. The number of hydrogen-bond donors (Lipinski definition) is 1.